The standard InChI is InChI=1S/C14H9F3N4S/c15-14(16,17)10-6-11(8-18-7-10)19-13-20-12(21-22-13)9-4-2-1-3-5-9/h1-8H,(H,19,20,21). The molecule has 0 amide bonds. The topological polar surface area (TPSA) is 50.7 Å². The third-order valence-electron chi connectivity index (χ3n) is 2.77. The highest BCUT2D eigenvalue weighted by Gasteiger charge is 2.31. The minimum atomic E-state index is -4.43. The summed E-state index contributed by atoms with van der Waals surface area (Å²) in [6.45, 7) is 0. The van der Waals surface area contributed by atoms with Crippen LogP contribution < -0.4 is 5.32 Å². The predicted molar refractivity (Wildman–Crippen MR) is 77.9 cm³/mol. The van der Waals surface area contributed by atoms with Gasteiger partial charge in [0.25, 0.3) is 0 Å². The van der Waals surface area contributed by atoms with Crippen molar-refractivity contribution >= 4 is 22.4 Å². The first-order valence-electron chi connectivity index (χ1n) is 6.21. The molecular weight excluding hydrogens is 313 g/mol. The highest BCUT2D eigenvalue weighted by atomic mass is 32.1. The molecule has 22 heavy (non-hydrogen) atoms. The van der Waals surface area contributed by atoms with E-state index in [1.165, 1.54) is 6.20 Å². The van der Waals surface area contributed by atoms with Gasteiger partial charge in [0, 0.05) is 23.3 Å². The molecule has 2 heterocycles. The summed E-state index contributed by atoms with van der Waals surface area (Å²) in [6.07, 6.45) is -2.35. The van der Waals surface area contributed by atoms with Crippen LogP contribution in [0.5, 0.6) is 0 Å². The van der Waals surface area contributed by atoms with Crippen LogP contribution in [0.15, 0.2) is 48.8 Å². The minimum absolute atomic E-state index is 0.214. The molecule has 0 spiro atoms. The van der Waals surface area contributed by atoms with Gasteiger partial charge in [0.05, 0.1) is 17.4 Å². The summed E-state index contributed by atoms with van der Waals surface area (Å²) in [7, 11) is 0. The summed E-state index contributed by atoms with van der Waals surface area (Å²) in [4.78, 5) is 7.84. The van der Waals surface area contributed by atoms with E-state index < -0.39 is 11.7 Å². The highest BCUT2D eigenvalue weighted by Crippen LogP contribution is 2.31. The summed E-state index contributed by atoms with van der Waals surface area (Å²) < 4.78 is 42.1. The van der Waals surface area contributed by atoms with Crippen molar-refractivity contribution in [1.82, 2.24) is 14.3 Å². The van der Waals surface area contributed by atoms with E-state index in [2.05, 4.69) is 19.7 Å². The maximum atomic E-state index is 12.6. The Kier molecular flexibility index (Phi) is 3.76. The number of alkyl halides is 3. The lowest BCUT2D eigenvalue weighted by atomic mass is 10.2. The SMILES string of the molecule is FC(F)(F)c1cncc(Nc2nc(-c3ccccc3)ns2)c1. The van der Waals surface area contributed by atoms with Crippen molar-refractivity contribution in [1.29, 1.82) is 0 Å². The molecule has 1 aromatic carbocycles. The quantitative estimate of drug-likeness (QED) is 0.778. The van der Waals surface area contributed by atoms with Crippen LogP contribution in [0.3, 0.4) is 0 Å². The lowest BCUT2D eigenvalue weighted by Crippen LogP contribution is -2.06. The second-order valence-electron chi connectivity index (χ2n) is 4.37. The number of anilines is 2. The van der Waals surface area contributed by atoms with E-state index in [0.717, 1.165) is 29.4 Å². The molecule has 0 aliphatic carbocycles. The molecule has 0 unspecified atom stereocenters. The van der Waals surface area contributed by atoms with Gasteiger partial charge in [-0.25, -0.2) is 0 Å². The highest BCUT2D eigenvalue weighted by molar-refractivity contribution is 7.09. The molecule has 2 aromatic heterocycles. The molecule has 0 fully saturated rings. The zero-order chi connectivity index (χ0) is 15.6. The Morgan fingerprint density at radius 1 is 1.05 bits per heavy atom. The fourth-order valence-electron chi connectivity index (χ4n) is 1.77. The lowest BCUT2D eigenvalue weighted by Gasteiger charge is -2.07. The molecule has 3 aromatic rings. The molecule has 0 atom stereocenters. The van der Waals surface area contributed by atoms with E-state index in [1.807, 2.05) is 30.3 Å². The molecule has 8 heteroatoms. The first kappa shape index (κ1) is 14.5. The Hall–Kier alpha value is -2.48. The van der Waals surface area contributed by atoms with Gasteiger partial charge in [-0.15, -0.1) is 0 Å². The third-order valence-corrected chi connectivity index (χ3v) is 3.41. The molecule has 0 saturated heterocycles. The van der Waals surface area contributed by atoms with Crippen molar-refractivity contribution in [2.75, 3.05) is 5.32 Å². The largest absolute Gasteiger partial charge is 0.417 e. The Morgan fingerprint density at radius 3 is 2.55 bits per heavy atom. The van der Waals surface area contributed by atoms with Crippen molar-refractivity contribution in [2.24, 2.45) is 0 Å². The molecule has 1 N–H and O–H groups in total. The van der Waals surface area contributed by atoms with Gasteiger partial charge in [0.1, 0.15) is 0 Å². The summed E-state index contributed by atoms with van der Waals surface area (Å²) in [6, 6.07) is 10.3. The summed E-state index contributed by atoms with van der Waals surface area (Å²) in [5.74, 6) is 0.521. The fourth-order valence-corrected chi connectivity index (χ4v) is 2.38. The molecule has 0 radical (unpaired) electrons. The van der Waals surface area contributed by atoms with Crippen LogP contribution in [0.25, 0.3) is 11.4 Å². The van der Waals surface area contributed by atoms with Crippen molar-refractivity contribution < 1.29 is 13.2 Å². The number of nitrogens with one attached hydrogen (secondary N) is 1. The molecule has 0 aliphatic heterocycles. The number of rotatable bonds is 3. The Morgan fingerprint density at radius 2 is 1.82 bits per heavy atom. The molecule has 0 bridgehead atoms. The molecule has 0 aliphatic rings. The van der Waals surface area contributed by atoms with Crippen LogP contribution in [0.1, 0.15) is 5.56 Å². The van der Waals surface area contributed by atoms with Crippen LogP contribution in [-0.4, -0.2) is 14.3 Å². The monoisotopic (exact) mass is 322 g/mol. The van der Waals surface area contributed by atoms with E-state index in [1.54, 1.807) is 0 Å². The van der Waals surface area contributed by atoms with Crippen LogP contribution >= 0.6 is 11.5 Å². The molecule has 112 valence electrons. The van der Waals surface area contributed by atoms with Gasteiger partial charge >= 0.3 is 6.18 Å². The van der Waals surface area contributed by atoms with Crippen LogP contribution in [-0.2, 0) is 6.18 Å². The van der Waals surface area contributed by atoms with Crippen LogP contribution in [0, 0.1) is 0 Å². The molecular formula is C14H9F3N4S. The number of halogens is 3. The maximum Gasteiger partial charge on any atom is 0.417 e. The number of pyridine rings is 1. The Labute approximate surface area is 127 Å². The second-order valence-corrected chi connectivity index (χ2v) is 5.13. The van der Waals surface area contributed by atoms with Crippen LogP contribution in [0.2, 0.25) is 0 Å². The van der Waals surface area contributed by atoms with Crippen LogP contribution in [0.4, 0.5) is 24.0 Å². The van der Waals surface area contributed by atoms with E-state index >= 15 is 0 Å². The number of hydrogen-bond donors (Lipinski definition) is 1. The van der Waals surface area contributed by atoms with Gasteiger partial charge in [0.2, 0.25) is 5.13 Å². The van der Waals surface area contributed by atoms with Gasteiger partial charge in [0.15, 0.2) is 5.82 Å². The van der Waals surface area contributed by atoms with E-state index in [0.29, 0.717) is 11.0 Å². The minimum Gasteiger partial charge on any atom is -0.329 e. The second kappa shape index (κ2) is 5.72. The van der Waals surface area contributed by atoms with Gasteiger partial charge in [-0.2, -0.15) is 22.5 Å². The third kappa shape index (κ3) is 3.22. The zero-order valence-electron chi connectivity index (χ0n) is 11.0. The van der Waals surface area contributed by atoms with Crippen molar-refractivity contribution in [3.8, 4) is 11.4 Å². The van der Waals surface area contributed by atoms with E-state index in [9.17, 15) is 13.2 Å². The first-order valence-corrected chi connectivity index (χ1v) is 6.98. The fraction of sp³-hybridized carbons (Fsp3) is 0.0714. The van der Waals surface area contributed by atoms with Crippen molar-refractivity contribution in [3.05, 3.63) is 54.4 Å². The zero-order valence-corrected chi connectivity index (χ0v) is 11.8. The molecule has 0 saturated carbocycles. The average molecular weight is 322 g/mol. The average Bonchev–Trinajstić information content (AvgIpc) is 2.96. The molecule has 3 rings (SSSR count). The molecule has 4 nitrogen and oxygen atoms in total. The smallest absolute Gasteiger partial charge is 0.329 e. The van der Waals surface area contributed by atoms with Crippen molar-refractivity contribution in [2.45, 2.75) is 6.18 Å². The number of aromatic nitrogens is 3. The normalized spacial score (nSPS) is 11.4. The van der Waals surface area contributed by atoms with E-state index in [4.69, 9.17) is 0 Å². The summed E-state index contributed by atoms with van der Waals surface area (Å²) in [5.41, 5.74) is 0.241. The first-order chi connectivity index (χ1) is 10.5. The van der Waals surface area contributed by atoms with Gasteiger partial charge in [-0.1, -0.05) is 30.3 Å². The van der Waals surface area contributed by atoms with Crippen molar-refractivity contribution in [3.63, 3.8) is 0 Å². The number of nitrogens with zero attached hydrogens (tertiary/aromatic N) is 3. The Bertz CT molecular complexity index is 771. The van der Waals surface area contributed by atoms with E-state index in [-0.39, 0.29) is 5.69 Å². The number of hydrogen-bond acceptors (Lipinski definition) is 5. The summed E-state index contributed by atoms with van der Waals surface area (Å²) in [5, 5.41) is 3.19. The number of benzene rings is 1. The van der Waals surface area contributed by atoms with Gasteiger partial charge in [-0.05, 0) is 6.07 Å². The van der Waals surface area contributed by atoms with Gasteiger partial charge < -0.3 is 5.32 Å². The summed E-state index contributed by atoms with van der Waals surface area (Å²) >= 11 is 1.07. The maximum absolute atomic E-state index is 12.6. The van der Waals surface area contributed by atoms with Gasteiger partial charge in [-0.3, -0.25) is 4.98 Å². The lowest BCUT2D eigenvalue weighted by molar-refractivity contribution is -0.137. The Balaban J connectivity index is 1.81. The predicted octanol–water partition coefficient (Wildman–Crippen LogP) is 4.36.